The number of nitrogens with zero attached hydrogens (tertiary/aromatic N) is 2. The Morgan fingerprint density at radius 1 is 1.26 bits per heavy atom. The monoisotopic (exact) mass is 268 g/mol. The summed E-state index contributed by atoms with van der Waals surface area (Å²) in [5.41, 5.74) is -1.45. The number of alkyl halides is 3. The van der Waals surface area contributed by atoms with Gasteiger partial charge in [-0.25, -0.2) is 0 Å². The van der Waals surface area contributed by atoms with Crippen LogP contribution in [0.15, 0.2) is 18.3 Å². The summed E-state index contributed by atoms with van der Waals surface area (Å²) in [6.45, 7) is 0. The average molecular weight is 268 g/mol. The molecule has 6 heteroatoms. The number of carbonyl (C=O) groups is 1. The van der Waals surface area contributed by atoms with Crippen molar-refractivity contribution in [3.05, 3.63) is 29.6 Å². The third kappa shape index (κ3) is 2.60. The molecular formula is C13H11F3N2O. The molecule has 100 valence electrons. The normalized spacial score (nSPS) is 18.9. The van der Waals surface area contributed by atoms with Gasteiger partial charge in [-0.15, -0.1) is 0 Å². The van der Waals surface area contributed by atoms with Gasteiger partial charge in [-0.3, -0.25) is 9.78 Å². The predicted octanol–water partition coefficient (Wildman–Crippen LogP) is 3.00. The zero-order valence-electron chi connectivity index (χ0n) is 10.00. The van der Waals surface area contributed by atoms with Gasteiger partial charge in [0.1, 0.15) is 11.2 Å². The molecule has 0 N–H and O–H groups in total. The van der Waals surface area contributed by atoms with Crippen LogP contribution in [0.3, 0.4) is 0 Å². The highest BCUT2D eigenvalue weighted by Crippen LogP contribution is 2.37. The lowest BCUT2D eigenvalue weighted by Crippen LogP contribution is -2.31. The summed E-state index contributed by atoms with van der Waals surface area (Å²) < 4.78 is 37.3. The Hall–Kier alpha value is -1.90. The molecule has 0 atom stereocenters. The van der Waals surface area contributed by atoms with Gasteiger partial charge in [0.05, 0.1) is 17.3 Å². The molecule has 1 saturated carbocycles. The highest BCUT2D eigenvalue weighted by molar-refractivity contribution is 5.79. The number of halogens is 3. The standard InChI is InChI=1S/C13H11F3N2O/c14-13(15,16)9-1-2-11(18-7-9)12(8-17)5-3-10(19)4-6-12/h1-2,7H,3-6H2. The second-order valence-corrected chi connectivity index (χ2v) is 4.66. The van der Waals surface area contributed by atoms with Crippen molar-refractivity contribution in [3.8, 4) is 6.07 Å². The van der Waals surface area contributed by atoms with E-state index in [9.17, 15) is 23.2 Å². The number of rotatable bonds is 1. The molecule has 0 aromatic carbocycles. The molecule has 0 radical (unpaired) electrons. The Bertz CT molecular complexity index is 518. The van der Waals surface area contributed by atoms with E-state index in [1.165, 1.54) is 6.07 Å². The van der Waals surface area contributed by atoms with Crippen LogP contribution in [0.25, 0.3) is 0 Å². The molecule has 0 unspecified atom stereocenters. The average Bonchev–Trinajstić information content (AvgIpc) is 2.39. The van der Waals surface area contributed by atoms with Gasteiger partial charge >= 0.3 is 6.18 Å². The number of hydrogen-bond donors (Lipinski definition) is 0. The van der Waals surface area contributed by atoms with Gasteiger partial charge in [-0.1, -0.05) is 0 Å². The predicted molar refractivity (Wildman–Crippen MR) is 60.0 cm³/mol. The van der Waals surface area contributed by atoms with Gasteiger partial charge in [-0.2, -0.15) is 18.4 Å². The molecule has 1 aromatic heterocycles. The van der Waals surface area contributed by atoms with Crippen LogP contribution in [0.1, 0.15) is 36.9 Å². The maximum absolute atomic E-state index is 12.4. The SMILES string of the molecule is N#CC1(c2ccc(C(F)(F)F)cn2)CCC(=O)CC1. The molecule has 0 aliphatic heterocycles. The Kier molecular flexibility index (Phi) is 3.31. The second-order valence-electron chi connectivity index (χ2n) is 4.66. The van der Waals surface area contributed by atoms with Gasteiger partial charge in [-0.05, 0) is 25.0 Å². The third-order valence-electron chi connectivity index (χ3n) is 3.46. The molecular weight excluding hydrogens is 257 g/mol. The van der Waals surface area contributed by atoms with Crippen molar-refractivity contribution in [3.63, 3.8) is 0 Å². The Balaban J connectivity index is 2.30. The summed E-state index contributed by atoms with van der Waals surface area (Å²) in [7, 11) is 0. The topological polar surface area (TPSA) is 53.8 Å². The number of carbonyl (C=O) groups excluding carboxylic acids is 1. The molecule has 0 saturated heterocycles. The fraction of sp³-hybridized carbons (Fsp3) is 0.462. The molecule has 1 fully saturated rings. The first-order valence-electron chi connectivity index (χ1n) is 5.84. The van der Waals surface area contributed by atoms with Crippen LogP contribution in [-0.2, 0) is 16.4 Å². The number of Topliss-reactive ketones (excluding diaryl/α,β-unsaturated/α-hetero) is 1. The first-order chi connectivity index (χ1) is 8.87. The summed E-state index contributed by atoms with van der Waals surface area (Å²) >= 11 is 0. The number of nitriles is 1. The molecule has 3 nitrogen and oxygen atoms in total. The molecule has 0 bridgehead atoms. The van der Waals surface area contributed by atoms with Gasteiger partial charge in [0, 0.05) is 19.0 Å². The summed E-state index contributed by atoms with van der Waals surface area (Å²) in [5, 5.41) is 9.29. The summed E-state index contributed by atoms with van der Waals surface area (Å²) in [5.74, 6) is 0.0813. The number of pyridine rings is 1. The quantitative estimate of drug-likeness (QED) is 0.786. The Morgan fingerprint density at radius 2 is 1.89 bits per heavy atom. The molecule has 1 heterocycles. The van der Waals surface area contributed by atoms with E-state index in [1.807, 2.05) is 0 Å². The summed E-state index contributed by atoms with van der Waals surface area (Å²) in [4.78, 5) is 15.0. The molecule has 0 amide bonds. The third-order valence-corrected chi connectivity index (χ3v) is 3.46. The van der Waals surface area contributed by atoms with E-state index in [0.717, 1.165) is 12.3 Å². The first kappa shape index (κ1) is 13.5. The lowest BCUT2D eigenvalue weighted by Gasteiger charge is -2.29. The van der Waals surface area contributed by atoms with Gasteiger partial charge in [0.2, 0.25) is 0 Å². The highest BCUT2D eigenvalue weighted by atomic mass is 19.4. The van der Waals surface area contributed by atoms with Crippen LogP contribution in [-0.4, -0.2) is 10.8 Å². The second kappa shape index (κ2) is 4.65. The van der Waals surface area contributed by atoms with Gasteiger partial charge in [0.25, 0.3) is 0 Å². The number of hydrogen-bond acceptors (Lipinski definition) is 3. The molecule has 0 spiro atoms. The fourth-order valence-electron chi connectivity index (χ4n) is 2.23. The minimum absolute atomic E-state index is 0.0813. The van der Waals surface area contributed by atoms with Gasteiger partial charge < -0.3 is 0 Å². The summed E-state index contributed by atoms with van der Waals surface area (Å²) in [6, 6.07) is 4.28. The summed E-state index contributed by atoms with van der Waals surface area (Å²) in [6.07, 6.45) is -2.51. The van der Waals surface area contributed by atoms with Crippen molar-refractivity contribution in [2.75, 3.05) is 0 Å². The van der Waals surface area contributed by atoms with Crippen molar-refractivity contribution in [2.45, 2.75) is 37.3 Å². The maximum atomic E-state index is 12.4. The van der Waals surface area contributed by atoms with Crippen LogP contribution in [0, 0.1) is 11.3 Å². The minimum atomic E-state index is -4.44. The van der Waals surface area contributed by atoms with Crippen molar-refractivity contribution in [1.29, 1.82) is 5.26 Å². The van der Waals surface area contributed by atoms with E-state index in [-0.39, 0.29) is 18.6 Å². The minimum Gasteiger partial charge on any atom is -0.300 e. The maximum Gasteiger partial charge on any atom is 0.417 e. The lowest BCUT2D eigenvalue weighted by atomic mass is 9.72. The van der Waals surface area contributed by atoms with E-state index >= 15 is 0 Å². The smallest absolute Gasteiger partial charge is 0.300 e. The van der Waals surface area contributed by atoms with Crippen LogP contribution in [0.2, 0.25) is 0 Å². The van der Waals surface area contributed by atoms with E-state index < -0.39 is 17.2 Å². The van der Waals surface area contributed by atoms with Crippen LogP contribution < -0.4 is 0 Å². The number of ketones is 1. The van der Waals surface area contributed by atoms with Crippen LogP contribution in [0.4, 0.5) is 13.2 Å². The number of aromatic nitrogens is 1. The van der Waals surface area contributed by atoms with E-state index in [4.69, 9.17) is 0 Å². The van der Waals surface area contributed by atoms with Crippen molar-refractivity contribution < 1.29 is 18.0 Å². The van der Waals surface area contributed by atoms with E-state index in [1.54, 1.807) is 0 Å². The molecule has 1 aromatic rings. The lowest BCUT2D eigenvalue weighted by molar-refractivity contribution is -0.137. The Labute approximate surface area is 108 Å². The fourth-order valence-corrected chi connectivity index (χ4v) is 2.23. The molecule has 19 heavy (non-hydrogen) atoms. The zero-order valence-corrected chi connectivity index (χ0v) is 10.00. The van der Waals surface area contributed by atoms with Crippen molar-refractivity contribution in [1.82, 2.24) is 4.98 Å². The van der Waals surface area contributed by atoms with Crippen LogP contribution in [0.5, 0.6) is 0 Å². The highest BCUT2D eigenvalue weighted by Gasteiger charge is 2.39. The van der Waals surface area contributed by atoms with Gasteiger partial charge in [0.15, 0.2) is 0 Å². The molecule has 2 rings (SSSR count). The van der Waals surface area contributed by atoms with Crippen molar-refractivity contribution >= 4 is 5.78 Å². The van der Waals surface area contributed by atoms with Crippen LogP contribution >= 0.6 is 0 Å². The zero-order chi connectivity index (χ0) is 14.1. The molecule has 1 aliphatic carbocycles. The van der Waals surface area contributed by atoms with Crippen molar-refractivity contribution in [2.24, 2.45) is 0 Å². The van der Waals surface area contributed by atoms with E-state index in [0.29, 0.717) is 18.5 Å². The Morgan fingerprint density at radius 3 is 2.32 bits per heavy atom. The first-order valence-corrected chi connectivity index (χ1v) is 5.84. The van der Waals surface area contributed by atoms with E-state index in [2.05, 4.69) is 11.1 Å². The largest absolute Gasteiger partial charge is 0.417 e. The molecule has 1 aliphatic rings.